The number of benzene rings is 1. The summed E-state index contributed by atoms with van der Waals surface area (Å²) in [6, 6.07) is 14.3. The molecule has 4 aromatic rings. The van der Waals surface area contributed by atoms with E-state index in [0.717, 1.165) is 34.8 Å². The highest BCUT2D eigenvalue weighted by Crippen LogP contribution is 2.22. The van der Waals surface area contributed by atoms with Crippen LogP contribution in [0, 0.1) is 0 Å². The van der Waals surface area contributed by atoms with Crippen LogP contribution in [0.3, 0.4) is 0 Å². The summed E-state index contributed by atoms with van der Waals surface area (Å²) in [6.07, 6.45) is 7.73. The maximum absolute atomic E-state index is 4.70. The predicted octanol–water partition coefficient (Wildman–Crippen LogP) is 3.23. The van der Waals surface area contributed by atoms with E-state index in [0.29, 0.717) is 0 Å². The zero-order chi connectivity index (χ0) is 17.1. The molecule has 124 valence electrons. The second-order valence-electron chi connectivity index (χ2n) is 5.94. The van der Waals surface area contributed by atoms with Gasteiger partial charge in [-0.3, -0.25) is 9.97 Å². The van der Waals surface area contributed by atoms with Crippen molar-refractivity contribution in [3.05, 3.63) is 72.9 Å². The van der Waals surface area contributed by atoms with E-state index in [9.17, 15) is 0 Å². The summed E-state index contributed by atoms with van der Waals surface area (Å²) in [5.74, 6) is 0.908. The molecular weight excluding hydrogens is 312 g/mol. The van der Waals surface area contributed by atoms with Gasteiger partial charge in [0.15, 0.2) is 5.65 Å². The highest BCUT2D eigenvalue weighted by atomic mass is 15.3. The first-order valence-electron chi connectivity index (χ1n) is 8.21. The molecule has 1 unspecified atom stereocenters. The van der Waals surface area contributed by atoms with Crippen LogP contribution in [0.1, 0.15) is 12.6 Å². The lowest BCUT2D eigenvalue weighted by atomic mass is 10.1. The molecule has 0 bridgehead atoms. The molecular formula is C19H18N6. The maximum atomic E-state index is 4.70. The Morgan fingerprint density at radius 3 is 2.76 bits per heavy atom. The number of aromatic nitrogens is 5. The van der Waals surface area contributed by atoms with E-state index in [1.165, 1.54) is 0 Å². The monoisotopic (exact) mass is 330 g/mol. The first-order valence-corrected chi connectivity index (χ1v) is 8.21. The maximum Gasteiger partial charge on any atom is 0.157 e. The first kappa shape index (κ1) is 15.3. The minimum Gasteiger partial charge on any atom is -0.367 e. The van der Waals surface area contributed by atoms with Crippen molar-refractivity contribution in [1.82, 2.24) is 24.6 Å². The molecule has 0 spiro atoms. The quantitative estimate of drug-likeness (QED) is 0.608. The summed E-state index contributed by atoms with van der Waals surface area (Å²) in [4.78, 5) is 13.2. The zero-order valence-corrected chi connectivity index (χ0v) is 13.9. The van der Waals surface area contributed by atoms with Gasteiger partial charge >= 0.3 is 0 Å². The van der Waals surface area contributed by atoms with Crippen LogP contribution in [-0.4, -0.2) is 30.6 Å². The number of hydrogen-bond acceptors (Lipinski definition) is 5. The van der Waals surface area contributed by atoms with Gasteiger partial charge in [-0.1, -0.05) is 30.3 Å². The first-order chi connectivity index (χ1) is 12.3. The van der Waals surface area contributed by atoms with E-state index in [4.69, 9.17) is 4.98 Å². The average molecular weight is 330 g/mol. The molecule has 25 heavy (non-hydrogen) atoms. The van der Waals surface area contributed by atoms with Gasteiger partial charge in [-0.05, 0) is 6.92 Å². The largest absolute Gasteiger partial charge is 0.367 e. The molecule has 0 saturated carbocycles. The van der Waals surface area contributed by atoms with E-state index in [2.05, 4.69) is 39.4 Å². The van der Waals surface area contributed by atoms with Gasteiger partial charge in [-0.25, -0.2) is 4.98 Å². The molecule has 0 aliphatic rings. The molecule has 1 N–H and O–H groups in total. The topological polar surface area (TPSA) is 68.0 Å². The summed E-state index contributed by atoms with van der Waals surface area (Å²) >= 11 is 0. The van der Waals surface area contributed by atoms with Crippen molar-refractivity contribution in [3.8, 4) is 11.3 Å². The van der Waals surface area contributed by atoms with Crippen LogP contribution in [0.25, 0.3) is 16.9 Å². The SMILES string of the molecule is CC(Cc1cnccn1)Nc1cc(-c2ccccc2)nc2ccnn12. The smallest absolute Gasteiger partial charge is 0.157 e. The van der Waals surface area contributed by atoms with Gasteiger partial charge in [0.05, 0.1) is 17.6 Å². The summed E-state index contributed by atoms with van der Waals surface area (Å²) in [5.41, 5.74) is 3.77. The number of fused-ring (bicyclic) bond motifs is 1. The standard InChI is InChI=1S/C19H18N6/c1-14(11-16-13-20-9-10-21-16)23-19-12-17(15-5-3-2-4-6-15)24-18-7-8-22-25(18)19/h2-10,12-14,23H,11H2,1H3. The molecule has 1 atom stereocenters. The summed E-state index contributed by atoms with van der Waals surface area (Å²) in [6.45, 7) is 2.12. The van der Waals surface area contributed by atoms with Gasteiger partial charge in [0, 0.05) is 48.7 Å². The van der Waals surface area contributed by atoms with Gasteiger partial charge in [-0.2, -0.15) is 9.61 Å². The molecule has 3 aromatic heterocycles. The Balaban J connectivity index is 1.65. The number of nitrogens with one attached hydrogen (secondary N) is 1. The van der Waals surface area contributed by atoms with Crippen molar-refractivity contribution in [3.63, 3.8) is 0 Å². The van der Waals surface area contributed by atoms with Crippen LogP contribution in [0.5, 0.6) is 0 Å². The molecule has 1 aromatic carbocycles. The van der Waals surface area contributed by atoms with Crippen molar-refractivity contribution in [2.24, 2.45) is 0 Å². The molecule has 0 aliphatic carbocycles. The Bertz CT molecular complexity index is 965. The third-order valence-electron chi connectivity index (χ3n) is 3.96. The van der Waals surface area contributed by atoms with Gasteiger partial charge in [-0.15, -0.1) is 0 Å². The summed E-state index contributed by atoms with van der Waals surface area (Å²) < 4.78 is 1.82. The van der Waals surface area contributed by atoms with Crippen LogP contribution >= 0.6 is 0 Å². The summed E-state index contributed by atoms with van der Waals surface area (Å²) in [5, 5.41) is 7.90. The second-order valence-corrected chi connectivity index (χ2v) is 5.94. The molecule has 3 heterocycles. The van der Waals surface area contributed by atoms with Gasteiger partial charge in [0.2, 0.25) is 0 Å². The fourth-order valence-corrected chi connectivity index (χ4v) is 2.83. The molecule has 0 saturated heterocycles. The van der Waals surface area contributed by atoms with Gasteiger partial charge in [0.1, 0.15) is 5.82 Å². The average Bonchev–Trinajstić information content (AvgIpc) is 3.12. The normalized spacial score (nSPS) is 12.2. The minimum absolute atomic E-state index is 0.176. The fourth-order valence-electron chi connectivity index (χ4n) is 2.83. The molecule has 0 fully saturated rings. The Morgan fingerprint density at radius 2 is 1.96 bits per heavy atom. The molecule has 0 aliphatic heterocycles. The minimum atomic E-state index is 0.176. The van der Waals surface area contributed by atoms with Crippen LogP contribution in [0.15, 0.2) is 67.3 Å². The molecule has 6 heteroatoms. The molecule has 4 rings (SSSR count). The van der Waals surface area contributed by atoms with Crippen molar-refractivity contribution < 1.29 is 0 Å². The van der Waals surface area contributed by atoms with E-state index in [-0.39, 0.29) is 6.04 Å². The van der Waals surface area contributed by atoms with Crippen molar-refractivity contribution in [2.45, 2.75) is 19.4 Å². The lowest BCUT2D eigenvalue weighted by Gasteiger charge is -2.16. The van der Waals surface area contributed by atoms with Crippen molar-refractivity contribution in [2.75, 3.05) is 5.32 Å². The molecule has 0 radical (unpaired) electrons. The van der Waals surface area contributed by atoms with E-state index < -0.39 is 0 Å². The summed E-state index contributed by atoms with van der Waals surface area (Å²) in [7, 11) is 0. The highest BCUT2D eigenvalue weighted by Gasteiger charge is 2.11. The highest BCUT2D eigenvalue weighted by molar-refractivity contribution is 5.66. The second kappa shape index (κ2) is 6.68. The molecule has 6 nitrogen and oxygen atoms in total. The number of anilines is 1. The van der Waals surface area contributed by atoms with Crippen molar-refractivity contribution in [1.29, 1.82) is 0 Å². The Kier molecular flexibility index (Phi) is 4.08. The Hall–Kier alpha value is -3.28. The van der Waals surface area contributed by atoms with Crippen LogP contribution in [0.2, 0.25) is 0 Å². The fraction of sp³-hybridized carbons (Fsp3) is 0.158. The van der Waals surface area contributed by atoms with Gasteiger partial charge < -0.3 is 5.32 Å². The van der Waals surface area contributed by atoms with E-state index in [1.807, 2.05) is 34.8 Å². The van der Waals surface area contributed by atoms with Crippen LogP contribution in [0.4, 0.5) is 5.82 Å². The van der Waals surface area contributed by atoms with Gasteiger partial charge in [0.25, 0.3) is 0 Å². The lowest BCUT2D eigenvalue weighted by Crippen LogP contribution is -2.21. The third kappa shape index (κ3) is 3.33. The lowest BCUT2D eigenvalue weighted by molar-refractivity contribution is 0.750. The predicted molar refractivity (Wildman–Crippen MR) is 97.2 cm³/mol. The number of hydrogen-bond donors (Lipinski definition) is 1. The van der Waals surface area contributed by atoms with Crippen LogP contribution in [-0.2, 0) is 6.42 Å². The Morgan fingerprint density at radius 1 is 1.08 bits per heavy atom. The molecule has 0 amide bonds. The third-order valence-corrected chi connectivity index (χ3v) is 3.96. The Labute approximate surface area is 145 Å². The number of nitrogens with zero attached hydrogens (tertiary/aromatic N) is 5. The number of rotatable bonds is 5. The van der Waals surface area contributed by atoms with E-state index in [1.54, 1.807) is 24.8 Å². The van der Waals surface area contributed by atoms with E-state index >= 15 is 0 Å². The zero-order valence-electron chi connectivity index (χ0n) is 13.9. The van der Waals surface area contributed by atoms with Crippen LogP contribution < -0.4 is 5.32 Å². The van der Waals surface area contributed by atoms with Crippen molar-refractivity contribution >= 4 is 11.5 Å².